The van der Waals surface area contributed by atoms with E-state index in [2.05, 4.69) is 79.7 Å². The fourth-order valence-corrected chi connectivity index (χ4v) is 4.10. The van der Waals surface area contributed by atoms with Crippen LogP contribution in [-0.2, 0) is 0 Å². The molecule has 0 radical (unpaired) electrons. The van der Waals surface area contributed by atoms with Gasteiger partial charge >= 0.3 is 0 Å². The summed E-state index contributed by atoms with van der Waals surface area (Å²) < 4.78 is 0. The highest BCUT2D eigenvalue weighted by Gasteiger charge is 2.19. The van der Waals surface area contributed by atoms with Crippen LogP contribution in [0.5, 0.6) is 0 Å². The number of rotatable bonds is 1. The van der Waals surface area contributed by atoms with Gasteiger partial charge in [-0.15, -0.1) is 0 Å². The Labute approximate surface area is 146 Å². The van der Waals surface area contributed by atoms with Crippen LogP contribution in [0.4, 0.5) is 0 Å². The first-order valence-electron chi connectivity index (χ1n) is 8.83. The molecule has 0 heteroatoms. The van der Waals surface area contributed by atoms with Gasteiger partial charge in [0.05, 0.1) is 0 Å². The van der Waals surface area contributed by atoms with Crippen molar-refractivity contribution in [2.45, 2.75) is 55.4 Å². The van der Waals surface area contributed by atoms with Gasteiger partial charge in [-0.05, 0) is 122 Å². The summed E-state index contributed by atoms with van der Waals surface area (Å²) >= 11 is 0. The topological polar surface area (TPSA) is 0 Å². The first-order valence-corrected chi connectivity index (χ1v) is 8.83. The summed E-state index contributed by atoms with van der Waals surface area (Å²) in [6.45, 7) is 18.1. The van der Waals surface area contributed by atoms with Crippen LogP contribution in [0.25, 0.3) is 21.9 Å². The summed E-state index contributed by atoms with van der Waals surface area (Å²) in [6, 6.07) is 8.87. The summed E-state index contributed by atoms with van der Waals surface area (Å²) in [5.41, 5.74) is 14.2. The van der Waals surface area contributed by atoms with Crippen LogP contribution < -0.4 is 0 Å². The Morgan fingerprint density at radius 2 is 0.750 bits per heavy atom. The van der Waals surface area contributed by atoms with Crippen molar-refractivity contribution >= 4 is 10.8 Å². The van der Waals surface area contributed by atoms with Crippen LogP contribution in [0, 0.1) is 55.4 Å². The number of benzene rings is 3. The van der Waals surface area contributed by atoms with Crippen LogP contribution in [0.1, 0.15) is 44.5 Å². The van der Waals surface area contributed by atoms with Crippen LogP contribution in [0.2, 0.25) is 0 Å². The molecular formula is C24H28. The molecule has 0 saturated heterocycles. The highest BCUT2D eigenvalue weighted by molar-refractivity contribution is 6.02. The first-order chi connectivity index (χ1) is 11.3. The average Bonchev–Trinajstić information content (AvgIpc) is 2.59. The maximum absolute atomic E-state index is 2.29. The highest BCUT2D eigenvalue weighted by Crippen LogP contribution is 2.41. The normalized spacial score (nSPS) is 11.3. The molecule has 0 fully saturated rings. The van der Waals surface area contributed by atoms with E-state index in [-0.39, 0.29) is 0 Å². The molecule has 0 unspecified atom stereocenters. The van der Waals surface area contributed by atoms with E-state index in [0.29, 0.717) is 0 Å². The van der Waals surface area contributed by atoms with E-state index in [1.165, 1.54) is 66.4 Å². The molecule has 3 aromatic carbocycles. The summed E-state index contributed by atoms with van der Waals surface area (Å²) in [5.74, 6) is 0. The van der Waals surface area contributed by atoms with Gasteiger partial charge in [-0.3, -0.25) is 0 Å². The van der Waals surface area contributed by atoms with E-state index in [0.717, 1.165) is 0 Å². The van der Waals surface area contributed by atoms with E-state index in [1.54, 1.807) is 0 Å². The lowest BCUT2D eigenvalue weighted by atomic mass is 9.81. The van der Waals surface area contributed by atoms with Crippen molar-refractivity contribution in [3.8, 4) is 11.1 Å². The van der Waals surface area contributed by atoms with Crippen LogP contribution in [0.3, 0.4) is 0 Å². The Hall–Kier alpha value is -2.08. The van der Waals surface area contributed by atoms with Crippen molar-refractivity contribution in [2.75, 3.05) is 0 Å². The minimum absolute atomic E-state index is 1.38. The predicted molar refractivity (Wildman–Crippen MR) is 107 cm³/mol. The lowest BCUT2D eigenvalue weighted by Gasteiger charge is -2.23. The van der Waals surface area contributed by atoms with Gasteiger partial charge in [-0.2, -0.15) is 0 Å². The van der Waals surface area contributed by atoms with Gasteiger partial charge in [0.15, 0.2) is 0 Å². The molecule has 0 aromatic heterocycles. The summed E-state index contributed by atoms with van der Waals surface area (Å²) in [6.07, 6.45) is 0. The Morgan fingerprint density at radius 1 is 0.375 bits per heavy atom. The molecule has 24 heavy (non-hydrogen) atoms. The molecule has 3 rings (SSSR count). The standard InChI is InChI=1S/C24H28/c1-13-14(2)18(6)23(19(7)15(13)3)24-20(8)16(4)17(5)21-11-9-10-12-22(21)24/h9-12H,1-8H3. The van der Waals surface area contributed by atoms with Crippen LogP contribution in [-0.4, -0.2) is 0 Å². The monoisotopic (exact) mass is 316 g/mol. The second-order valence-electron chi connectivity index (χ2n) is 7.30. The smallest absolute Gasteiger partial charge is 0.00677 e. The minimum Gasteiger partial charge on any atom is -0.0616 e. The molecule has 0 N–H and O–H groups in total. The van der Waals surface area contributed by atoms with Crippen molar-refractivity contribution in [3.63, 3.8) is 0 Å². The lowest BCUT2D eigenvalue weighted by molar-refractivity contribution is 1.17. The number of fused-ring (bicyclic) bond motifs is 1. The number of hydrogen-bond acceptors (Lipinski definition) is 0. The molecule has 0 nitrogen and oxygen atoms in total. The zero-order valence-corrected chi connectivity index (χ0v) is 16.3. The van der Waals surface area contributed by atoms with Crippen LogP contribution in [0.15, 0.2) is 24.3 Å². The molecule has 124 valence electrons. The largest absolute Gasteiger partial charge is 0.0616 e. The second-order valence-corrected chi connectivity index (χ2v) is 7.30. The quantitative estimate of drug-likeness (QED) is 0.454. The zero-order valence-electron chi connectivity index (χ0n) is 16.3. The van der Waals surface area contributed by atoms with Crippen LogP contribution >= 0.6 is 0 Å². The molecule has 3 aromatic rings. The Balaban J connectivity index is 2.58. The third-order valence-corrected chi connectivity index (χ3v) is 6.35. The molecule has 0 saturated carbocycles. The molecule has 0 amide bonds. The van der Waals surface area contributed by atoms with E-state index in [9.17, 15) is 0 Å². The van der Waals surface area contributed by atoms with Crippen molar-refractivity contribution in [1.29, 1.82) is 0 Å². The van der Waals surface area contributed by atoms with E-state index in [1.807, 2.05) is 0 Å². The van der Waals surface area contributed by atoms with Gasteiger partial charge in [0.2, 0.25) is 0 Å². The second kappa shape index (κ2) is 5.77. The van der Waals surface area contributed by atoms with Gasteiger partial charge in [0, 0.05) is 0 Å². The van der Waals surface area contributed by atoms with Gasteiger partial charge in [-0.25, -0.2) is 0 Å². The van der Waals surface area contributed by atoms with Crippen molar-refractivity contribution in [3.05, 3.63) is 68.8 Å². The molecule has 0 bridgehead atoms. The zero-order chi connectivity index (χ0) is 17.8. The van der Waals surface area contributed by atoms with Crippen molar-refractivity contribution < 1.29 is 0 Å². The molecule has 0 atom stereocenters. The van der Waals surface area contributed by atoms with E-state index >= 15 is 0 Å². The lowest BCUT2D eigenvalue weighted by Crippen LogP contribution is -2.03. The Bertz CT molecular complexity index is 942. The molecule has 0 aliphatic heterocycles. The van der Waals surface area contributed by atoms with Gasteiger partial charge in [-0.1, -0.05) is 24.3 Å². The van der Waals surface area contributed by atoms with Crippen molar-refractivity contribution in [1.82, 2.24) is 0 Å². The molecule has 0 heterocycles. The number of aryl methyl sites for hydroxylation is 1. The number of hydrogen-bond donors (Lipinski definition) is 0. The maximum Gasteiger partial charge on any atom is -0.00677 e. The fraction of sp³-hybridized carbons (Fsp3) is 0.333. The Kier molecular flexibility index (Phi) is 4.03. The van der Waals surface area contributed by atoms with Gasteiger partial charge < -0.3 is 0 Å². The fourth-order valence-electron chi connectivity index (χ4n) is 4.10. The van der Waals surface area contributed by atoms with Gasteiger partial charge in [0.1, 0.15) is 0 Å². The third-order valence-electron chi connectivity index (χ3n) is 6.35. The SMILES string of the molecule is Cc1c(C)c(C)c(-c2c(C)c(C)c(C)c3ccccc23)c(C)c1C. The molecule has 0 aliphatic rings. The average molecular weight is 316 g/mol. The Morgan fingerprint density at radius 3 is 1.29 bits per heavy atom. The first kappa shape index (κ1) is 16.8. The summed E-state index contributed by atoms with van der Waals surface area (Å²) in [7, 11) is 0. The minimum atomic E-state index is 1.38. The molecular weight excluding hydrogens is 288 g/mol. The van der Waals surface area contributed by atoms with Crippen molar-refractivity contribution in [2.24, 2.45) is 0 Å². The van der Waals surface area contributed by atoms with Gasteiger partial charge in [0.25, 0.3) is 0 Å². The summed E-state index contributed by atoms with van der Waals surface area (Å²) in [4.78, 5) is 0. The maximum atomic E-state index is 2.29. The molecule has 0 spiro atoms. The van der Waals surface area contributed by atoms with E-state index < -0.39 is 0 Å². The summed E-state index contributed by atoms with van der Waals surface area (Å²) in [5, 5.41) is 2.76. The van der Waals surface area contributed by atoms with E-state index in [4.69, 9.17) is 0 Å². The molecule has 0 aliphatic carbocycles. The predicted octanol–water partition coefficient (Wildman–Crippen LogP) is 6.97. The third kappa shape index (κ3) is 2.20. The highest BCUT2D eigenvalue weighted by atomic mass is 14.2.